The van der Waals surface area contributed by atoms with Crippen LogP contribution < -0.4 is 0 Å². The summed E-state index contributed by atoms with van der Waals surface area (Å²) in [5.41, 5.74) is 1.55. The molecule has 0 saturated carbocycles. The van der Waals surface area contributed by atoms with E-state index >= 15 is 0 Å². The Bertz CT molecular complexity index is 316. The van der Waals surface area contributed by atoms with Crippen molar-refractivity contribution in [2.24, 2.45) is 0 Å². The third kappa shape index (κ3) is 3.59. The van der Waals surface area contributed by atoms with E-state index in [9.17, 15) is 0 Å². The lowest BCUT2D eigenvalue weighted by Crippen LogP contribution is -2.28. The maximum absolute atomic E-state index is 6.01. The third-order valence-electron chi connectivity index (χ3n) is 2.52. The van der Waals surface area contributed by atoms with E-state index in [4.69, 9.17) is 20.5 Å². The zero-order valence-corrected chi connectivity index (χ0v) is 11.8. The van der Waals surface area contributed by atoms with Crippen LogP contribution in [0.25, 0.3) is 0 Å². The summed E-state index contributed by atoms with van der Waals surface area (Å²) in [5.74, 6) is 0. The molecule has 0 saturated heterocycles. The van der Waals surface area contributed by atoms with Crippen LogP contribution in [0.3, 0.4) is 0 Å². The Labute approximate surface area is 104 Å². The molecule has 4 heteroatoms. The lowest BCUT2D eigenvalue weighted by molar-refractivity contribution is 0.264. The fourth-order valence-electron chi connectivity index (χ4n) is 1.80. The molecule has 0 aliphatic carbocycles. The highest BCUT2D eigenvalue weighted by Crippen LogP contribution is 2.26. The zero-order chi connectivity index (χ0) is 12.0. The van der Waals surface area contributed by atoms with Crippen LogP contribution in [0.2, 0.25) is 5.02 Å². The SMILES string of the molecule is CCCC(c1cccc(Cl)c1)[Si](OC)OC. The minimum absolute atomic E-state index is 0.337. The van der Waals surface area contributed by atoms with E-state index in [0.717, 1.165) is 17.9 Å². The van der Waals surface area contributed by atoms with Gasteiger partial charge in [-0.1, -0.05) is 37.1 Å². The van der Waals surface area contributed by atoms with Gasteiger partial charge in [0.2, 0.25) is 0 Å². The van der Waals surface area contributed by atoms with Crippen LogP contribution in [0.1, 0.15) is 30.9 Å². The molecular formula is C12H18ClO2Si. The molecule has 0 spiro atoms. The Kier molecular flexibility index (Phi) is 6.06. The van der Waals surface area contributed by atoms with Gasteiger partial charge in [0.1, 0.15) is 0 Å². The molecule has 1 atom stereocenters. The molecule has 1 aromatic rings. The predicted molar refractivity (Wildman–Crippen MR) is 68.9 cm³/mol. The van der Waals surface area contributed by atoms with Crippen molar-refractivity contribution in [2.45, 2.75) is 25.3 Å². The topological polar surface area (TPSA) is 18.5 Å². The summed E-state index contributed by atoms with van der Waals surface area (Å²) in [6.45, 7) is 2.17. The van der Waals surface area contributed by atoms with Crippen molar-refractivity contribution in [3.05, 3.63) is 34.9 Å². The van der Waals surface area contributed by atoms with Crippen molar-refractivity contribution in [3.8, 4) is 0 Å². The molecule has 89 valence electrons. The molecule has 1 unspecified atom stereocenters. The Morgan fingerprint density at radius 1 is 1.31 bits per heavy atom. The molecule has 0 amide bonds. The van der Waals surface area contributed by atoms with Gasteiger partial charge in [0.25, 0.3) is 0 Å². The Balaban J connectivity index is 2.91. The number of halogens is 1. The molecule has 1 aromatic carbocycles. The highest BCUT2D eigenvalue weighted by molar-refractivity contribution is 6.46. The largest absolute Gasteiger partial charge is 0.396 e. The second-order valence-electron chi connectivity index (χ2n) is 3.62. The molecule has 0 aliphatic rings. The summed E-state index contributed by atoms with van der Waals surface area (Å²) >= 11 is 6.01. The Morgan fingerprint density at radius 2 is 2.00 bits per heavy atom. The second kappa shape index (κ2) is 7.07. The first-order valence-corrected chi connectivity index (χ1v) is 7.20. The third-order valence-corrected chi connectivity index (χ3v) is 4.75. The lowest BCUT2D eigenvalue weighted by Gasteiger charge is -2.21. The molecular weight excluding hydrogens is 240 g/mol. The van der Waals surface area contributed by atoms with Gasteiger partial charge in [0.05, 0.1) is 0 Å². The maximum atomic E-state index is 6.01. The van der Waals surface area contributed by atoms with E-state index in [1.165, 1.54) is 5.56 Å². The van der Waals surface area contributed by atoms with Crippen LogP contribution >= 0.6 is 11.6 Å². The van der Waals surface area contributed by atoms with Gasteiger partial charge in [-0.15, -0.1) is 0 Å². The van der Waals surface area contributed by atoms with Gasteiger partial charge in [-0.05, 0) is 24.1 Å². The molecule has 1 radical (unpaired) electrons. The molecule has 16 heavy (non-hydrogen) atoms. The van der Waals surface area contributed by atoms with Crippen LogP contribution in [-0.4, -0.2) is 23.5 Å². The molecule has 0 aromatic heterocycles. The van der Waals surface area contributed by atoms with E-state index in [1.807, 2.05) is 18.2 Å². The number of hydrogen-bond donors (Lipinski definition) is 0. The van der Waals surface area contributed by atoms with Gasteiger partial charge in [0.15, 0.2) is 0 Å². The molecule has 0 aliphatic heterocycles. The highest BCUT2D eigenvalue weighted by atomic mass is 35.5. The lowest BCUT2D eigenvalue weighted by atomic mass is 10.1. The average molecular weight is 258 g/mol. The van der Waals surface area contributed by atoms with Gasteiger partial charge in [-0.3, -0.25) is 0 Å². The van der Waals surface area contributed by atoms with Gasteiger partial charge in [-0.2, -0.15) is 0 Å². The first kappa shape index (κ1) is 13.7. The molecule has 0 fully saturated rings. The number of rotatable bonds is 6. The summed E-state index contributed by atoms with van der Waals surface area (Å²) in [6.07, 6.45) is 2.17. The fourth-order valence-corrected chi connectivity index (χ4v) is 3.71. The van der Waals surface area contributed by atoms with Crippen LogP contribution in [0.4, 0.5) is 0 Å². The van der Waals surface area contributed by atoms with Gasteiger partial charge in [0, 0.05) is 24.8 Å². The zero-order valence-electron chi connectivity index (χ0n) is 10.00. The summed E-state index contributed by atoms with van der Waals surface area (Å²) in [6, 6.07) is 7.96. The van der Waals surface area contributed by atoms with Crippen LogP contribution in [0.5, 0.6) is 0 Å². The number of hydrogen-bond acceptors (Lipinski definition) is 2. The summed E-state index contributed by atoms with van der Waals surface area (Å²) in [5, 5.41) is 0.771. The summed E-state index contributed by atoms with van der Waals surface area (Å²) in [4.78, 5) is 0. The minimum Gasteiger partial charge on any atom is -0.396 e. The van der Waals surface area contributed by atoms with Crippen molar-refractivity contribution >= 4 is 20.9 Å². The van der Waals surface area contributed by atoms with E-state index in [1.54, 1.807) is 14.2 Å². The van der Waals surface area contributed by atoms with Crippen molar-refractivity contribution in [1.82, 2.24) is 0 Å². The fraction of sp³-hybridized carbons (Fsp3) is 0.500. The standard InChI is InChI=1S/C12H18ClO2Si/c1-4-6-12(16(14-2)15-3)10-7-5-8-11(13)9-10/h5,7-9,12H,4,6H2,1-3H3. The maximum Gasteiger partial charge on any atom is 0.392 e. The van der Waals surface area contributed by atoms with Crippen molar-refractivity contribution in [2.75, 3.05) is 14.2 Å². The van der Waals surface area contributed by atoms with Crippen molar-refractivity contribution < 1.29 is 8.85 Å². The smallest absolute Gasteiger partial charge is 0.392 e. The number of benzene rings is 1. The van der Waals surface area contributed by atoms with Crippen molar-refractivity contribution in [1.29, 1.82) is 0 Å². The molecule has 1 rings (SSSR count). The summed E-state index contributed by atoms with van der Waals surface area (Å²) < 4.78 is 10.9. The quantitative estimate of drug-likeness (QED) is 0.726. The summed E-state index contributed by atoms with van der Waals surface area (Å²) in [7, 11) is 2.17. The van der Waals surface area contributed by atoms with E-state index in [2.05, 4.69) is 13.0 Å². The normalized spacial score (nSPS) is 13.1. The average Bonchev–Trinajstić information content (AvgIpc) is 2.29. The van der Waals surface area contributed by atoms with E-state index in [0.29, 0.717) is 5.54 Å². The van der Waals surface area contributed by atoms with Gasteiger partial charge < -0.3 is 8.85 Å². The van der Waals surface area contributed by atoms with Gasteiger partial charge >= 0.3 is 9.28 Å². The molecule has 0 N–H and O–H groups in total. The highest BCUT2D eigenvalue weighted by Gasteiger charge is 2.27. The van der Waals surface area contributed by atoms with Gasteiger partial charge in [-0.25, -0.2) is 0 Å². The van der Waals surface area contributed by atoms with E-state index < -0.39 is 9.28 Å². The van der Waals surface area contributed by atoms with Crippen LogP contribution in [0.15, 0.2) is 24.3 Å². The first-order valence-electron chi connectivity index (χ1n) is 5.43. The monoisotopic (exact) mass is 257 g/mol. The Hall–Kier alpha value is -0.353. The molecule has 2 nitrogen and oxygen atoms in total. The van der Waals surface area contributed by atoms with E-state index in [-0.39, 0.29) is 0 Å². The predicted octanol–water partition coefficient (Wildman–Crippen LogP) is 3.54. The van der Waals surface area contributed by atoms with Crippen LogP contribution in [0, 0.1) is 0 Å². The Morgan fingerprint density at radius 3 is 2.50 bits per heavy atom. The second-order valence-corrected chi connectivity index (χ2v) is 6.21. The minimum atomic E-state index is -1.25. The van der Waals surface area contributed by atoms with Crippen molar-refractivity contribution in [3.63, 3.8) is 0 Å². The molecule has 0 bridgehead atoms. The molecule has 0 heterocycles. The first-order chi connectivity index (χ1) is 7.72. The van der Waals surface area contributed by atoms with Crippen LogP contribution in [-0.2, 0) is 8.85 Å².